The maximum atomic E-state index is 9.69. The maximum absolute atomic E-state index is 9.69. The first-order chi connectivity index (χ1) is 5.87. The first-order valence-corrected chi connectivity index (χ1v) is 4.98. The van der Waals surface area contributed by atoms with E-state index in [1.165, 1.54) is 0 Å². The van der Waals surface area contributed by atoms with Gasteiger partial charge in [-0.25, -0.2) is 0 Å². The van der Waals surface area contributed by atoms with Crippen molar-refractivity contribution in [2.45, 2.75) is 32.8 Å². The van der Waals surface area contributed by atoms with E-state index < -0.39 is 5.60 Å². The van der Waals surface area contributed by atoms with Crippen LogP contribution >= 0.6 is 0 Å². The molecule has 13 heavy (non-hydrogen) atoms. The van der Waals surface area contributed by atoms with Gasteiger partial charge in [0.1, 0.15) is 0 Å². The van der Waals surface area contributed by atoms with Crippen molar-refractivity contribution < 1.29 is 5.11 Å². The Morgan fingerprint density at radius 1 is 1.46 bits per heavy atom. The van der Waals surface area contributed by atoms with Gasteiger partial charge >= 0.3 is 0 Å². The Balaban J connectivity index is 3.67. The second-order valence-electron chi connectivity index (χ2n) is 4.62. The number of aliphatic hydroxyl groups is 1. The zero-order chi connectivity index (χ0) is 10.5. The second kappa shape index (κ2) is 5.58. The summed E-state index contributed by atoms with van der Waals surface area (Å²) in [5.41, 5.74) is 4.69. The quantitative estimate of drug-likeness (QED) is 0.644. The van der Waals surface area contributed by atoms with E-state index in [0.717, 1.165) is 13.0 Å². The molecular formula is C10H24N2O. The third kappa shape index (κ3) is 6.99. The van der Waals surface area contributed by atoms with Crippen LogP contribution in [0.15, 0.2) is 0 Å². The Morgan fingerprint density at radius 3 is 2.38 bits per heavy atom. The van der Waals surface area contributed by atoms with Crippen LogP contribution in [-0.4, -0.2) is 42.3 Å². The van der Waals surface area contributed by atoms with Crippen molar-refractivity contribution in [3.63, 3.8) is 0 Å². The molecule has 0 aliphatic carbocycles. The molecule has 3 N–H and O–H groups in total. The van der Waals surface area contributed by atoms with Crippen LogP contribution in [0.3, 0.4) is 0 Å². The fourth-order valence-electron chi connectivity index (χ4n) is 1.20. The molecule has 0 fully saturated rings. The Bertz CT molecular complexity index is 135. The standard InChI is InChI=1S/C10H24N2O/c1-9(2)5-6-12(4)8-10(3,13)7-11/h9,13H,5-8,11H2,1-4H3. The maximum Gasteiger partial charge on any atom is 0.0867 e. The Hall–Kier alpha value is -0.120. The number of rotatable bonds is 6. The third-order valence-corrected chi connectivity index (χ3v) is 2.14. The molecule has 0 aromatic carbocycles. The molecule has 0 aromatic heterocycles. The molecule has 0 aliphatic heterocycles. The molecule has 0 heterocycles. The van der Waals surface area contributed by atoms with Crippen LogP contribution in [0.4, 0.5) is 0 Å². The minimum absolute atomic E-state index is 0.318. The molecule has 0 saturated heterocycles. The van der Waals surface area contributed by atoms with E-state index >= 15 is 0 Å². The van der Waals surface area contributed by atoms with Gasteiger partial charge in [0.15, 0.2) is 0 Å². The van der Waals surface area contributed by atoms with Gasteiger partial charge in [0, 0.05) is 13.1 Å². The zero-order valence-electron chi connectivity index (χ0n) is 9.38. The highest BCUT2D eigenvalue weighted by Gasteiger charge is 2.19. The minimum atomic E-state index is -0.744. The second-order valence-corrected chi connectivity index (χ2v) is 4.62. The first kappa shape index (κ1) is 12.9. The first-order valence-electron chi connectivity index (χ1n) is 4.98. The van der Waals surface area contributed by atoms with Gasteiger partial charge in [-0.2, -0.15) is 0 Å². The van der Waals surface area contributed by atoms with E-state index in [9.17, 15) is 5.11 Å². The summed E-state index contributed by atoms with van der Waals surface area (Å²) in [7, 11) is 2.02. The van der Waals surface area contributed by atoms with E-state index in [4.69, 9.17) is 5.73 Å². The summed E-state index contributed by atoms with van der Waals surface area (Å²) >= 11 is 0. The average Bonchev–Trinajstić information content (AvgIpc) is 2.00. The molecule has 0 rings (SSSR count). The van der Waals surface area contributed by atoms with Crippen LogP contribution in [-0.2, 0) is 0 Å². The molecule has 1 unspecified atom stereocenters. The van der Waals surface area contributed by atoms with Crippen molar-refractivity contribution in [3.05, 3.63) is 0 Å². The van der Waals surface area contributed by atoms with E-state index in [2.05, 4.69) is 18.7 Å². The van der Waals surface area contributed by atoms with Crippen molar-refractivity contribution in [2.24, 2.45) is 11.7 Å². The van der Waals surface area contributed by atoms with Crippen molar-refractivity contribution >= 4 is 0 Å². The normalized spacial score (nSPS) is 16.6. The van der Waals surface area contributed by atoms with Gasteiger partial charge in [-0.05, 0) is 32.9 Å². The smallest absolute Gasteiger partial charge is 0.0867 e. The van der Waals surface area contributed by atoms with Crippen LogP contribution in [0.5, 0.6) is 0 Å². The van der Waals surface area contributed by atoms with Crippen molar-refractivity contribution in [1.82, 2.24) is 4.90 Å². The number of nitrogens with zero attached hydrogens (tertiary/aromatic N) is 1. The Labute approximate surface area is 81.9 Å². The van der Waals surface area contributed by atoms with Gasteiger partial charge < -0.3 is 15.7 Å². The molecule has 80 valence electrons. The number of likely N-dealkylation sites (N-methyl/N-ethyl adjacent to an activating group) is 1. The van der Waals surface area contributed by atoms with Gasteiger partial charge in [-0.15, -0.1) is 0 Å². The lowest BCUT2D eigenvalue weighted by Gasteiger charge is -2.28. The van der Waals surface area contributed by atoms with Crippen molar-refractivity contribution in [2.75, 3.05) is 26.7 Å². The van der Waals surface area contributed by atoms with Crippen LogP contribution in [0.25, 0.3) is 0 Å². The molecule has 3 heteroatoms. The van der Waals surface area contributed by atoms with Gasteiger partial charge in [0.25, 0.3) is 0 Å². The lowest BCUT2D eigenvalue weighted by Crippen LogP contribution is -2.45. The molecular weight excluding hydrogens is 164 g/mol. The average molecular weight is 188 g/mol. The van der Waals surface area contributed by atoms with Crippen molar-refractivity contribution in [1.29, 1.82) is 0 Å². The fraction of sp³-hybridized carbons (Fsp3) is 1.00. The topological polar surface area (TPSA) is 49.5 Å². The summed E-state index contributed by atoms with van der Waals surface area (Å²) in [6, 6.07) is 0. The highest BCUT2D eigenvalue weighted by atomic mass is 16.3. The lowest BCUT2D eigenvalue weighted by molar-refractivity contribution is 0.0341. The SMILES string of the molecule is CC(C)CCN(C)CC(C)(O)CN. The molecule has 0 amide bonds. The number of nitrogens with two attached hydrogens (primary N) is 1. The Morgan fingerprint density at radius 2 is 2.00 bits per heavy atom. The summed E-state index contributed by atoms with van der Waals surface area (Å²) in [5, 5.41) is 9.69. The van der Waals surface area contributed by atoms with Crippen LogP contribution < -0.4 is 5.73 Å². The predicted molar refractivity (Wildman–Crippen MR) is 56.6 cm³/mol. The molecule has 0 aromatic rings. The van der Waals surface area contributed by atoms with Gasteiger partial charge in [-0.1, -0.05) is 13.8 Å². The van der Waals surface area contributed by atoms with Crippen molar-refractivity contribution in [3.8, 4) is 0 Å². The van der Waals surface area contributed by atoms with Gasteiger partial charge in [-0.3, -0.25) is 0 Å². The summed E-state index contributed by atoms with van der Waals surface area (Å²) in [4.78, 5) is 2.13. The summed E-state index contributed by atoms with van der Waals surface area (Å²) in [5.74, 6) is 0.713. The molecule has 3 nitrogen and oxygen atoms in total. The molecule has 0 bridgehead atoms. The van der Waals surface area contributed by atoms with E-state index in [-0.39, 0.29) is 0 Å². The van der Waals surface area contributed by atoms with Gasteiger partial charge in [0.05, 0.1) is 5.60 Å². The molecule has 1 atom stereocenters. The number of hydrogen-bond acceptors (Lipinski definition) is 3. The molecule has 0 spiro atoms. The summed E-state index contributed by atoms with van der Waals surface area (Å²) < 4.78 is 0. The highest BCUT2D eigenvalue weighted by molar-refractivity contribution is 4.76. The zero-order valence-corrected chi connectivity index (χ0v) is 9.38. The monoisotopic (exact) mass is 188 g/mol. The van der Waals surface area contributed by atoms with Crippen LogP contribution in [0.1, 0.15) is 27.2 Å². The fourth-order valence-corrected chi connectivity index (χ4v) is 1.20. The largest absolute Gasteiger partial charge is 0.388 e. The lowest BCUT2D eigenvalue weighted by atomic mass is 10.1. The third-order valence-electron chi connectivity index (χ3n) is 2.14. The summed E-state index contributed by atoms with van der Waals surface area (Å²) in [6.07, 6.45) is 1.16. The van der Waals surface area contributed by atoms with E-state index in [1.54, 1.807) is 6.92 Å². The highest BCUT2D eigenvalue weighted by Crippen LogP contribution is 2.05. The number of hydrogen-bond donors (Lipinski definition) is 2. The van der Waals surface area contributed by atoms with Crippen LogP contribution in [0.2, 0.25) is 0 Å². The molecule has 0 radical (unpaired) electrons. The molecule has 0 saturated carbocycles. The molecule has 0 aliphatic rings. The van der Waals surface area contributed by atoms with E-state index in [1.807, 2.05) is 7.05 Å². The summed E-state index contributed by atoms with van der Waals surface area (Å²) in [6.45, 7) is 8.17. The Kier molecular flexibility index (Phi) is 5.53. The van der Waals surface area contributed by atoms with Gasteiger partial charge in [0.2, 0.25) is 0 Å². The minimum Gasteiger partial charge on any atom is -0.388 e. The van der Waals surface area contributed by atoms with E-state index in [0.29, 0.717) is 19.0 Å². The van der Waals surface area contributed by atoms with Crippen LogP contribution in [0, 0.1) is 5.92 Å². The predicted octanol–water partition coefficient (Wildman–Crippen LogP) is 0.674.